The Morgan fingerprint density at radius 1 is 1.17 bits per heavy atom. The Bertz CT molecular complexity index is 566. The number of rotatable bonds is 8. The molecule has 1 unspecified atom stereocenters. The van der Waals surface area contributed by atoms with Crippen LogP contribution >= 0.6 is 7.52 Å². The van der Waals surface area contributed by atoms with Gasteiger partial charge >= 0.3 is 13.5 Å². The van der Waals surface area contributed by atoms with Gasteiger partial charge in [-0.1, -0.05) is 39.0 Å². The molecule has 0 aromatic heterocycles. The summed E-state index contributed by atoms with van der Waals surface area (Å²) in [7, 11) is -3.24. The van der Waals surface area contributed by atoms with Crippen LogP contribution < -0.4 is 9.61 Å². The molecule has 0 fully saturated rings. The molecule has 0 heterocycles. The highest BCUT2D eigenvalue weighted by Gasteiger charge is 2.32. The maximum absolute atomic E-state index is 13.3. The van der Waals surface area contributed by atoms with E-state index in [0.29, 0.717) is 18.3 Å². The van der Waals surface area contributed by atoms with Crippen LogP contribution in [0.5, 0.6) is 5.75 Å². The zero-order valence-corrected chi connectivity index (χ0v) is 16.4. The van der Waals surface area contributed by atoms with E-state index in [1.807, 2.05) is 18.2 Å². The monoisotopic (exact) mass is 355 g/mol. The lowest BCUT2D eigenvalue weighted by molar-refractivity contribution is -0.149. The first kappa shape index (κ1) is 20.7. The molecule has 0 saturated carbocycles. The van der Waals surface area contributed by atoms with Crippen LogP contribution in [0.25, 0.3) is 0 Å². The maximum Gasteiger partial charge on any atom is 0.323 e. The van der Waals surface area contributed by atoms with Crippen molar-refractivity contribution in [2.24, 2.45) is 5.41 Å². The highest BCUT2D eigenvalue weighted by Crippen LogP contribution is 2.46. The molecule has 136 valence electrons. The summed E-state index contributed by atoms with van der Waals surface area (Å²) in [4.78, 5) is 12.0. The standard InChI is InChI=1S/C18H30NO4P/c1-14(2)22-17(20)15(3)19-24(21,13-12-18(4,5)6)23-16-10-8-7-9-11-16/h7-11,14-15H,12-13H2,1-6H3,(H,19,21)/t15-,24?/m0/s1. The third kappa shape index (κ3) is 7.98. The SMILES string of the molecule is CC(C)OC(=O)[C@H](C)NP(=O)(CCC(C)(C)C)Oc1ccccc1. The summed E-state index contributed by atoms with van der Waals surface area (Å²) < 4.78 is 24.2. The van der Waals surface area contributed by atoms with Crippen LogP contribution in [0, 0.1) is 5.41 Å². The lowest BCUT2D eigenvalue weighted by Crippen LogP contribution is -2.36. The Morgan fingerprint density at radius 3 is 2.25 bits per heavy atom. The Hall–Kier alpha value is -1.32. The van der Waals surface area contributed by atoms with E-state index in [0.717, 1.165) is 0 Å². The minimum absolute atomic E-state index is 0.0130. The fourth-order valence-corrected chi connectivity index (χ4v) is 4.35. The molecule has 2 atom stereocenters. The first-order valence-electron chi connectivity index (χ1n) is 8.33. The van der Waals surface area contributed by atoms with Crippen molar-refractivity contribution in [1.29, 1.82) is 0 Å². The van der Waals surface area contributed by atoms with Crippen molar-refractivity contribution in [1.82, 2.24) is 5.09 Å². The molecule has 1 N–H and O–H groups in total. The van der Waals surface area contributed by atoms with Gasteiger partial charge in [0.15, 0.2) is 0 Å². The van der Waals surface area contributed by atoms with Crippen LogP contribution in [0.4, 0.5) is 0 Å². The van der Waals surface area contributed by atoms with Gasteiger partial charge in [-0.05, 0) is 44.7 Å². The predicted molar refractivity (Wildman–Crippen MR) is 97.4 cm³/mol. The number of esters is 1. The fraction of sp³-hybridized carbons (Fsp3) is 0.611. The molecule has 0 aliphatic heterocycles. The number of hydrogen-bond donors (Lipinski definition) is 1. The van der Waals surface area contributed by atoms with E-state index in [1.54, 1.807) is 32.9 Å². The van der Waals surface area contributed by atoms with Crippen LogP contribution in [0.1, 0.15) is 48.0 Å². The molecule has 5 nitrogen and oxygen atoms in total. The van der Waals surface area contributed by atoms with E-state index in [2.05, 4.69) is 25.9 Å². The second-order valence-electron chi connectivity index (χ2n) is 7.45. The summed E-state index contributed by atoms with van der Waals surface area (Å²) in [5.74, 6) is 0.0873. The van der Waals surface area contributed by atoms with E-state index in [-0.39, 0.29) is 11.5 Å². The van der Waals surface area contributed by atoms with Crippen LogP contribution in [0.15, 0.2) is 30.3 Å². The molecular weight excluding hydrogens is 325 g/mol. The lowest BCUT2D eigenvalue weighted by atomic mass is 9.94. The van der Waals surface area contributed by atoms with Crippen molar-refractivity contribution in [3.63, 3.8) is 0 Å². The normalized spacial score (nSPS) is 15.6. The second kappa shape index (κ2) is 8.68. The lowest BCUT2D eigenvalue weighted by Gasteiger charge is -2.27. The van der Waals surface area contributed by atoms with Crippen molar-refractivity contribution >= 4 is 13.5 Å². The van der Waals surface area contributed by atoms with Crippen LogP contribution in [0.2, 0.25) is 0 Å². The maximum atomic E-state index is 13.3. The number of carbonyl (C=O) groups excluding carboxylic acids is 1. The second-order valence-corrected chi connectivity index (χ2v) is 9.68. The van der Waals surface area contributed by atoms with Crippen molar-refractivity contribution in [2.45, 2.75) is 60.1 Å². The molecule has 0 aliphatic carbocycles. The summed E-state index contributed by atoms with van der Waals surface area (Å²) in [5.41, 5.74) is 0.0130. The van der Waals surface area contributed by atoms with Gasteiger partial charge in [-0.25, -0.2) is 5.09 Å². The third-order valence-corrected chi connectivity index (χ3v) is 5.35. The molecule has 1 rings (SSSR count). The van der Waals surface area contributed by atoms with Gasteiger partial charge in [0.25, 0.3) is 0 Å². The van der Waals surface area contributed by atoms with E-state index >= 15 is 0 Å². The van der Waals surface area contributed by atoms with Gasteiger partial charge in [0, 0.05) is 0 Å². The highest BCUT2D eigenvalue weighted by atomic mass is 31.2. The van der Waals surface area contributed by atoms with Gasteiger partial charge in [0.05, 0.1) is 12.3 Å². The van der Waals surface area contributed by atoms with E-state index in [9.17, 15) is 9.36 Å². The average Bonchev–Trinajstić information content (AvgIpc) is 2.45. The van der Waals surface area contributed by atoms with E-state index in [4.69, 9.17) is 9.26 Å². The largest absolute Gasteiger partial charge is 0.462 e. The number of ether oxygens (including phenoxy) is 1. The summed E-state index contributed by atoms with van der Waals surface area (Å²) >= 11 is 0. The minimum Gasteiger partial charge on any atom is -0.462 e. The van der Waals surface area contributed by atoms with Crippen LogP contribution in [0.3, 0.4) is 0 Å². The van der Waals surface area contributed by atoms with Crippen LogP contribution in [-0.4, -0.2) is 24.3 Å². The Balaban J connectivity index is 2.87. The molecular formula is C18H30NO4P. The fourth-order valence-electron chi connectivity index (χ4n) is 1.95. The van der Waals surface area contributed by atoms with Gasteiger partial charge in [0.2, 0.25) is 0 Å². The Labute approximate surface area is 145 Å². The number of hydrogen-bond acceptors (Lipinski definition) is 4. The summed E-state index contributed by atoms with van der Waals surface area (Å²) in [6.45, 7) is 11.4. The molecule has 6 heteroatoms. The molecule has 0 amide bonds. The number of benzene rings is 1. The van der Waals surface area contributed by atoms with E-state index in [1.165, 1.54) is 0 Å². The first-order valence-corrected chi connectivity index (χ1v) is 10.1. The molecule has 0 bridgehead atoms. The third-order valence-electron chi connectivity index (χ3n) is 3.25. The van der Waals surface area contributed by atoms with Crippen LogP contribution in [-0.2, 0) is 14.1 Å². The summed E-state index contributed by atoms with van der Waals surface area (Å²) in [5, 5.41) is 2.88. The topological polar surface area (TPSA) is 64.6 Å². The molecule has 0 aliphatic rings. The molecule has 1 aromatic carbocycles. The average molecular weight is 355 g/mol. The number of nitrogens with one attached hydrogen (secondary N) is 1. The van der Waals surface area contributed by atoms with Crippen molar-refractivity contribution in [2.75, 3.05) is 6.16 Å². The van der Waals surface area contributed by atoms with Crippen molar-refractivity contribution in [3.8, 4) is 5.75 Å². The minimum atomic E-state index is -3.24. The van der Waals surface area contributed by atoms with Gasteiger partial charge < -0.3 is 9.26 Å². The summed E-state index contributed by atoms with van der Waals surface area (Å²) in [6, 6.07) is 8.30. The zero-order chi connectivity index (χ0) is 18.4. The van der Waals surface area contributed by atoms with Gasteiger partial charge in [0.1, 0.15) is 11.8 Å². The Morgan fingerprint density at radius 2 is 1.75 bits per heavy atom. The molecule has 0 saturated heterocycles. The quantitative estimate of drug-likeness (QED) is 0.544. The number of carbonyl (C=O) groups is 1. The zero-order valence-electron chi connectivity index (χ0n) is 15.5. The Kier molecular flexibility index (Phi) is 7.50. The molecule has 0 radical (unpaired) electrons. The summed E-state index contributed by atoms with van der Waals surface area (Å²) in [6.07, 6.45) is 0.826. The van der Waals surface area contributed by atoms with Crippen molar-refractivity contribution in [3.05, 3.63) is 30.3 Å². The smallest absolute Gasteiger partial charge is 0.323 e. The molecule has 0 spiro atoms. The predicted octanol–water partition coefficient (Wildman–Crippen LogP) is 4.62. The van der Waals surface area contributed by atoms with Crippen molar-refractivity contribution < 1.29 is 18.6 Å². The van der Waals surface area contributed by atoms with Gasteiger partial charge in [-0.2, -0.15) is 0 Å². The van der Waals surface area contributed by atoms with E-state index < -0.39 is 19.5 Å². The first-order chi connectivity index (χ1) is 11.0. The number of para-hydroxylation sites is 1. The molecule has 24 heavy (non-hydrogen) atoms. The van der Waals surface area contributed by atoms with Gasteiger partial charge in [-0.15, -0.1) is 0 Å². The van der Waals surface area contributed by atoms with Gasteiger partial charge in [-0.3, -0.25) is 9.36 Å². The highest BCUT2D eigenvalue weighted by molar-refractivity contribution is 7.57. The molecule has 1 aromatic rings.